The number of nitrogens with zero attached hydrogens (tertiary/aromatic N) is 1. The van der Waals surface area contributed by atoms with Crippen molar-refractivity contribution in [3.63, 3.8) is 0 Å². The molecule has 7 heteroatoms. The first-order chi connectivity index (χ1) is 11.7. The Kier molecular flexibility index (Phi) is 5.97. The van der Waals surface area contributed by atoms with Gasteiger partial charge in [0.25, 0.3) is 0 Å². The minimum atomic E-state index is -0.269. The molecule has 0 radical (unpaired) electrons. The number of urea groups is 1. The predicted octanol–water partition coefficient (Wildman–Crippen LogP) is 1.83. The number of ether oxygens (including phenoxy) is 1. The first kappa shape index (κ1) is 17.5. The molecular formula is C17H24FN3O2S. The molecule has 1 unspecified atom stereocenters. The summed E-state index contributed by atoms with van der Waals surface area (Å²) >= 11 is 1.95. The van der Waals surface area contributed by atoms with Gasteiger partial charge in [0, 0.05) is 37.5 Å². The lowest BCUT2D eigenvalue weighted by Gasteiger charge is -2.43. The molecule has 3 rings (SSSR count). The number of carbonyl (C=O) groups is 1. The number of halogens is 1. The number of carbonyl (C=O) groups excluding carboxylic acids is 1. The zero-order valence-electron chi connectivity index (χ0n) is 13.7. The van der Waals surface area contributed by atoms with Gasteiger partial charge in [0.1, 0.15) is 5.82 Å². The van der Waals surface area contributed by atoms with Gasteiger partial charge < -0.3 is 15.4 Å². The van der Waals surface area contributed by atoms with Crippen molar-refractivity contribution in [3.8, 4) is 0 Å². The third-order valence-corrected chi connectivity index (χ3v) is 5.94. The van der Waals surface area contributed by atoms with Gasteiger partial charge in [-0.3, -0.25) is 4.90 Å². The number of benzene rings is 1. The number of amides is 2. The highest BCUT2D eigenvalue weighted by Crippen LogP contribution is 2.33. The summed E-state index contributed by atoms with van der Waals surface area (Å²) in [5, 5.41) is 5.86. The smallest absolute Gasteiger partial charge is 0.315 e. The van der Waals surface area contributed by atoms with E-state index in [-0.39, 0.29) is 17.4 Å². The molecule has 132 valence electrons. The van der Waals surface area contributed by atoms with E-state index < -0.39 is 0 Å². The molecule has 2 aliphatic rings. The molecular weight excluding hydrogens is 329 g/mol. The van der Waals surface area contributed by atoms with Crippen LogP contribution in [0.15, 0.2) is 24.3 Å². The van der Waals surface area contributed by atoms with Crippen LogP contribution in [0.4, 0.5) is 9.18 Å². The molecule has 0 saturated carbocycles. The van der Waals surface area contributed by atoms with Crippen LogP contribution in [0.2, 0.25) is 0 Å². The largest absolute Gasteiger partial charge is 0.379 e. The van der Waals surface area contributed by atoms with E-state index in [1.807, 2.05) is 11.8 Å². The summed E-state index contributed by atoms with van der Waals surface area (Å²) < 4.78 is 18.3. The molecule has 1 aromatic carbocycles. The molecule has 0 bridgehead atoms. The lowest BCUT2D eigenvalue weighted by Crippen LogP contribution is -2.59. The number of morpholine rings is 1. The number of thioether (sulfide) groups is 1. The Balaban J connectivity index is 1.49. The van der Waals surface area contributed by atoms with E-state index in [4.69, 9.17) is 4.74 Å². The summed E-state index contributed by atoms with van der Waals surface area (Å²) in [7, 11) is 0. The maximum Gasteiger partial charge on any atom is 0.315 e. The van der Waals surface area contributed by atoms with E-state index in [1.54, 1.807) is 12.1 Å². The van der Waals surface area contributed by atoms with Crippen LogP contribution in [0.25, 0.3) is 0 Å². The van der Waals surface area contributed by atoms with Crippen LogP contribution in [0.5, 0.6) is 0 Å². The van der Waals surface area contributed by atoms with Gasteiger partial charge in [0.2, 0.25) is 0 Å². The fraction of sp³-hybridized carbons (Fsp3) is 0.588. The molecule has 2 saturated heterocycles. The van der Waals surface area contributed by atoms with Gasteiger partial charge in [-0.25, -0.2) is 9.18 Å². The molecule has 2 heterocycles. The first-order valence-electron chi connectivity index (χ1n) is 8.35. The van der Waals surface area contributed by atoms with Crippen molar-refractivity contribution in [2.75, 3.05) is 44.4 Å². The molecule has 24 heavy (non-hydrogen) atoms. The molecule has 0 aromatic heterocycles. The minimum Gasteiger partial charge on any atom is -0.379 e. The Morgan fingerprint density at radius 1 is 1.25 bits per heavy atom. The zero-order chi connectivity index (χ0) is 16.8. The third kappa shape index (κ3) is 4.40. The van der Waals surface area contributed by atoms with Crippen LogP contribution in [0.3, 0.4) is 0 Å². The summed E-state index contributed by atoms with van der Waals surface area (Å²) in [6, 6.07) is 5.98. The molecule has 1 atom stereocenters. The summed E-state index contributed by atoms with van der Waals surface area (Å²) in [6.45, 7) is 4.44. The highest BCUT2D eigenvalue weighted by Gasteiger charge is 2.40. The Hall–Kier alpha value is -1.31. The SMILES string of the molecule is O=C(NCc1ccc(F)cc1)NCC1(N2CCOCC2)CCSC1. The Bertz CT molecular complexity index is 543. The zero-order valence-corrected chi connectivity index (χ0v) is 14.5. The second-order valence-electron chi connectivity index (χ2n) is 6.29. The van der Waals surface area contributed by atoms with Crippen LogP contribution in [-0.2, 0) is 11.3 Å². The second-order valence-corrected chi connectivity index (χ2v) is 7.39. The minimum absolute atomic E-state index is 0.0433. The summed E-state index contributed by atoms with van der Waals surface area (Å²) in [5.74, 6) is 1.91. The van der Waals surface area contributed by atoms with E-state index in [0.29, 0.717) is 13.1 Å². The van der Waals surface area contributed by atoms with Crippen LogP contribution >= 0.6 is 11.8 Å². The van der Waals surface area contributed by atoms with E-state index in [0.717, 1.165) is 49.8 Å². The standard InChI is InChI=1S/C17H24FN3O2S/c18-15-3-1-14(2-4-15)11-19-16(22)20-12-17(5-10-24-13-17)21-6-8-23-9-7-21/h1-4H,5-13H2,(H2,19,20,22). The number of nitrogens with one attached hydrogen (secondary N) is 2. The van der Waals surface area contributed by atoms with Crippen molar-refractivity contribution in [3.05, 3.63) is 35.6 Å². The normalized spacial score (nSPS) is 24.7. The molecule has 2 N–H and O–H groups in total. The number of rotatable bonds is 5. The van der Waals surface area contributed by atoms with E-state index in [9.17, 15) is 9.18 Å². The average Bonchev–Trinajstić information content (AvgIpc) is 3.10. The molecule has 2 fully saturated rings. The molecule has 5 nitrogen and oxygen atoms in total. The molecule has 0 spiro atoms. The van der Waals surface area contributed by atoms with Crippen LogP contribution < -0.4 is 10.6 Å². The second kappa shape index (κ2) is 8.18. The van der Waals surface area contributed by atoms with Gasteiger partial charge in [0.15, 0.2) is 0 Å². The fourth-order valence-electron chi connectivity index (χ4n) is 3.23. The van der Waals surface area contributed by atoms with Crippen molar-refractivity contribution in [1.29, 1.82) is 0 Å². The van der Waals surface area contributed by atoms with Gasteiger partial charge in [-0.15, -0.1) is 0 Å². The van der Waals surface area contributed by atoms with Gasteiger partial charge in [-0.2, -0.15) is 11.8 Å². The lowest BCUT2D eigenvalue weighted by atomic mass is 9.95. The average molecular weight is 353 g/mol. The van der Waals surface area contributed by atoms with Crippen molar-refractivity contribution in [2.45, 2.75) is 18.5 Å². The summed E-state index contributed by atoms with van der Waals surface area (Å²) in [4.78, 5) is 14.6. The van der Waals surface area contributed by atoms with Crippen LogP contribution in [0, 0.1) is 5.82 Å². The Morgan fingerprint density at radius 3 is 2.67 bits per heavy atom. The quantitative estimate of drug-likeness (QED) is 0.848. The van der Waals surface area contributed by atoms with Crippen molar-refractivity contribution in [1.82, 2.24) is 15.5 Å². The topological polar surface area (TPSA) is 53.6 Å². The monoisotopic (exact) mass is 353 g/mol. The van der Waals surface area contributed by atoms with Gasteiger partial charge >= 0.3 is 6.03 Å². The molecule has 2 aliphatic heterocycles. The van der Waals surface area contributed by atoms with Crippen molar-refractivity contribution >= 4 is 17.8 Å². The predicted molar refractivity (Wildman–Crippen MR) is 93.7 cm³/mol. The fourth-order valence-corrected chi connectivity index (χ4v) is 4.70. The number of hydrogen-bond donors (Lipinski definition) is 2. The van der Waals surface area contributed by atoms with Gasteiger partial charge in [-0.1, -0.05) is 12.1 Å². The molecule has 1 aromatic rings. The van der Waals surface area contributed by atoms with E-state index in [1.165, 1.54) is 12.1 Å². The van der Waals surface area contributed by atoms with E-state index >= 15 is 0 Å². The van der Waals surface area contributed by atoms with E-state index in [2.05, 4.69) is 15.5 Å². The maximum atomic E-state index is 12.9. The molecule has 2 amide bonds. The van der Waals surface area contributed by atoms with Crippen LogP contribution in [-0.4, -0.2) is 60.8 Å². The highest BCUT2D eigenvalue weighted by molar-refractivity contribution is 7.99. The van der Waals surface area contributed by atoms with Gasteiger partial charge in [0.05, 0.1) is 13.2 Å². The van der Waals surface area contributed by atoms with Crippen LogP contribution in [0.1, 0.15) is 12.0 Å². The number of hydrogen-bond acceptors (Lipinski definition) is 4. The summed E-state index contributed by atoms with van der Waals surface area (Å²) in [6.07, 6.45) is 1.09. The lowest BCUT2D eigenvalue weighted by molar-refractivity contribution is -0.0124. The molecule has 0 aliphatic carbocycles. The highest BCUT2D eigenvalue weighted by atomic mass is 32.2. The third-order valence-electron chi connectivity index (χ3n) is 4.71. The summed E-state index contributed by atoms with van der Waals surface area (Å²) in [5.41, 5.74) is 0.924. The Morgan fingerprint density at radius 2 is 2.00 bits per heavy atom. The van der Waals surface area contributed by atoms with Crippen molar-refractivity contribution in [2.24, 2.45) is 0 Å². The van der Waals surface area contributed by atoms with Gasteiger partial charge in [-0.05, 0) is 29.9 Å². The van der Waals surface area contributed by atoms with Crippen molar-refractivity contribution < 1.29 is 13.9 Å². The maximum absolute atomic E-state index is 12.9. The Labute approximate surface area is 146 Å². The first-order valence-corrected chi connectivity index (χ1v) is 9.50.